The minimum atomic E-state index is -0.671. The smallest absolute Gasteiger partial charge is 0.162 e. The molecule has 7 heteroatoms. The molecule has 0 aliphatic carbocycles. The summed E-state index contributed by atoms with van der Waals surface area (Å²) in [4.78, 5) is 0. The minimum Gasteiger partial charge on any atom is -0.493 e. The van der Waals surface area contributed by atoms with Gasteiger partial charge in [0.2, 0.25) is 0 Å². The van der Waals surface area contributed by atoms with Crippen LogP contribution < -0.4 is 19.5 Å². The zero-order chi connectivity index (χ0) is 19.3. The van der Waals surface area contributed by atoms with Crippen molar-refractivity contribution < 1.29 is 14.2 Å². The number of para-hydroxylation sites is 1. The largest absolute Gasteiger partial charge is 0.493 e. The molecule has 0 atom stereocenters. The molecule has 0 aromatic heterocycles. The normalized spacial score (nSPS) is 12.3. The number of halogens is 1. The van der Waals surface area contributed by atoms with E-state index in [1.807, 2.05) is 66.7 Å². The molecule has 0 radical (unpaired) electrons. The van der Waals surface area contributed by atoms with Gasteiger partial charge < -0.3 is 19.5 Å². The number of nitrogens with zero attached hydrogens (tertiary/aromatic N) is 2. The minimum absolute atomic E-state index is 0.646. The number of anilines is 1. The molecule has 1 heterocycles. The summed E-state index contributed by atoms with van der Waals surface area (Å²) >= 11 is -0.671. The molecule has 0 bridgehead atoms. The fourth-order valence-corrected chi connectivity index (χ4v) is 4.09. The molecule has 6 nitrogen and oxygen atoms in total. The Bertz CT molecular complexity index is 1050. The van der Waals surface area contributed by atoms with Crippen molar-refractivity contribution in [3.63, 3.8) is 0 Å². The second-order valence-electron chi connectivity index (χ2n) is 5.89. The van der Waals surface area contributed by atoms with Gasteiger partial charge in [-0.15, -0.1) is 0 Å². The van der Waals surface area contributed by atoms with Crippen molar-refractivity contribution in [3.05, 3.63) is 72.3 Å². The molecule has 1 aliphatic heterocycles. The Labute approximate surface area is 173 Å². The lowest BCUT2D eigenvalue weighted by Crippen LogP contribution is -2.14. The van der Waals surface area contributed by atoms with Gasteiger partial charge in [-0.2, -0.15) is 3.21 Å². The van der Waals surface area contributed by atoms with E-state index in [2.05, 4.69) is 11.7 Å². The molecule has 0 saturated heterocycles. The van der Waals surface area contributed by atoms with Gasteiger partial charge >= 0.3 is 0 Å². The lowest BCUT2D eigenvalue weighted by Gasteiger charge is -2.17. The Kier molecular flexibility index (Phi) is 5.52. The van der Waals surface area contributed by atoms with E-state index in [0.717, 1.165) is 34.3 Å². The van der Waals surface area contributed by atoms with Gasteiger partial charge in [0.05, 0.1) is 19.9 Å². The van der Waals surface area contributed by atoms with Crippen molar-refractivity contribution in [2.75, 3.05) is 19.5 Å². The van der Waals surface area contributed by atoms with E-state index in [1.165, 1.54) is 0 Å². The van der Waals surface area contributed by atoms with Crippen molar-refractivity contribution in [2.24, 2.45) is 6.35 Å². The summed E-state index contributed by atoms with van der Waals surface area (Å²) in [5.41, 5.74) is 2.64. The predicted octanol–water partition coefficient (Wildman–Crippen LogP) is 6.07. The molecule has 0 spiro atoms. The van der Waals surface area contributed by atoms with E-state index < -0.39 is 21.3 Å². The van der Waals surface area contributed by atoms with Gasteiger partial charge in [-0.3, -0.25) is 0 Å². The SMILES string of the molecule is COc1cc2c(cc1OC)C(Nc1cccc(Oc3ccccc3)c1)=NI=N2. The molecule has 3 aromatic rings. The van der Waals surface area contributed by atoms with Crippen LogP contribution in [0.2, 0.25) is 0 Å². The third-order valence-electron chi connectivity index (χ3n) is 4.08. The van der Waals surface area contributed by atoms with Gasteiger partial charge in [0.25, 0.3) is 0 Å². The number of fused-ring (bicyclic) bond motifs is 1. The highest BCUT2D eigenvalue weighted by Crippen LogP contribution is 2.39. The van der Waals surface area contributed by atoms with Gasteiger partial charge in [0.1, 0.15) is 38.6 Å². The number of rotatable bonds is 5. The van der Waals surface area contributed by atoms with Crippen molar-refractivity contribution in [1.82, 2.24) is 0 Å². The van der Waals surface area contributed by atoms with Crippen LogP contribution in [0, 0.1) is 0 Å². The number of benzene rings is 3. The van der Waals surface area contributed by atoms with Gasteiger partial charge in [-0.25, -0.2) is 3.15 Å². The first kappa shape index (κ1) is 18.4. The van der Waals surface area contributed by atoms with Crippen molar-refractivity contribution in [2.45, 2.75) is 0 Å². The molecule has 1 aliphatic rings. The highest BCUT2D eigenvalue weighted by atomic mass is 127. The quantitative estimate of drug-likeness (QED) is 0.444. The second-order valence-corrected chi connectivity index (χ2v) is 7.28. The van der Waals surface area contributed by atoms with E-state index in [4.69, 9.17) is 14.2 Å². The first-order chi connectivity index (χ1) is 13.8. The molecule has 28 heavy (non-hydrogen) atoms. The molecule has 1 N–H and O–H groups in total. The Balaban J connectivity index is 1.60. The fraction of sp³-hybridized carbons (Fsp3) is 0.0952. The molecular weight excluding hydrogens is 469 g/mol. The van der Waals surface area contributed by atoms with Gasteiger partial charge in [-0.1, -0.05) is 24.3 Å². The summed E-state index contributed by atoms with van der Waals surface area (Å²) in [6.45, 7) is 0. The van der Waals surface area contributed by atoms with Crippen LogP contribution in [-0.2, 0) is 0 Å². The van der Waals surface area contributed by atoms with Crippen molar-refractivity contribution in [1.29, 1.82) is 0 Å². The number of amidine groups is 1. The summed E-state index contributed by atoms with van der Waals surface area (Å²) in [6.07, 6.45) is 0. The third-order valence-corrected chi connectivity index (χ3v) is 5.52. The van der Waals surface area contributed by atoms with Crippen LogP contribution in [0.3, 0.4) is 0 Å². The lowest BCUT2D eigenvalue weighted by atomic mass is 10.1. The van der Waals surface area contributed by atoms with Crippen LogP contribution in [0.25, 0.3) is 0 Å². The first-order valence-corrected chi connectivity index (χ1v) is 10.5. The molecule has 0 fully saturated rings. The Morgan fingerprint density at radius 3 is 2.36 bits per heavy atom. The van der Waals surface area contributed by atoms with Crippen LogP contribution in [-0.4, -0.2) is 20.1 Å². The number of hydrogen-bond donors (Lipinski definition) is 1. The van der Waals surface area contributed by atoms with E-state index in [9.17, 15) is 0 Å². The van der Waals surface area contributed by atoms with Gasteiger partial charge in [0.15, 0.2) is 11.5 Å². The molecule has 4 rings (SSSR count). The Morgan fingerprint density at radius 2 is 1.57 bits per heavy atom. The van der Waals surface area contributed by atoms with Crippen molar-refractivity contribution in [3.8, 4) is 23.0 Å². The van der Waals surface area contributed by atoms with E-state index in [0.29, 0.717) is 11.5 Å². The molecular formula is C21H18IN3O3. The molecule has 0 unspecified atom stereocenters. The average molecular weight is 487 g/mol. The molecule has 3 aromatic carbocycles. The van der Waals surface area contributed by atoms with E-state index in [1.54, 1.807) is 14.2 Å². The summed E-state index contributed by atoms with van der Waals surface area (Å²) in [5.74, 6) is 3.62. The van der Waals surface area contributed by atoms with Crippen LogP contribution in [0.4, 0.5) is 11.4 Å². The van der Waals surface area contributed by atoms with E-state index >= 15 is 0 Å². The number of ether oxygens (including phenoxy) is 3. The Morgan fingerprint density at radius 1 is 0.821 bits per heavy atom. The maximum atomic E-state index is 5.92. The standard InChI is InChI=1S/C21H18IN3O3/c1-26-19-12-17-18(13-20(19)27-2)24-22-25-21(17)23-14-7-6-10-16(11-14)28-15-8-4-3-5-9-15/h3-13H,1-2H3,(H,23,24,25). The maximum absolute atomic E-state index is 5.92. The van der Waals surface area contributed by atoms with Crippen LogP contribution in [0.15, 0.2) is 73.1 Å². The summed E-state index contributed by atoms with van der Waals surface area (Å²) in [7, 11) is 3.24. The summed E-state index contributed by atoms with van der Waals surface area (Å²) < 4.78 is 25.9. The van der Waals surface area contributed by atoms with Crippen LogP contribution >= 0.6 is 21.3 Å². The highest BCUT2D eigenvalue weighted by Gasteiger charge is 2.18. The number of hydrogen-bond acceptors (Lipinski definition) is 6. The molecule has 142 valence electrons. The predicted molar refractivity (Wildman–Crippen MR) is 119 cm³/mol. The molecule has 0 amide bonds. The zero-order valence-corrected chi connectivity index (χ0v) is 17.5. The highest BCUT2D eigenvalue weighted by molar-refractivity contribution is 14.1. The summed E-state index contributed by atoms with van der Waals surface area (Å²) in [5, 5.41) is 3.39. The number of nitrogens with one attached hydrogen (secondary N) is 1. The third kappa shape index (κ3) is 3.99. The maximum Gasteiger partial charge on any atom is 0.162 e. The monoisotopic (exact) mass is 487 g/mol. The van der Waals surface area contributed by atoms with Gasteiger partial charge in [-0.05, 0) is 30.3 Å². The van der Waals surface area contributed by atoms with Crippen LogP contribution in [0.1, 0.15) is 5.56 Å². The topological polar surface area (TPSA) is 64.4 Å². The fourth-order valence-electron chi connectivity index (χ4n) is 2.76. The van der Waals surface area contributed by atoms with Crippen LogP contribution in [0.5, 0.6) is 23.0 Å². The first-order valence-electron chi connectivity index (χ1n) is 8.56. The zero-order valence-electron chi connectivity index (χ0n) is 15.3. The average Bonchev–Trinajstić information content (AvgIpc) is 2.74. The molecule has 0 saturated carbocycles. The van der Waals surface area contributed by atoms with Gasteiger partial charge in [0, 0.05) is 23.4 Å². The number of methoxy groups -OCH3 is 2. The van der Waals surface area contributed by atoms with Crippen molar-refractivity contribution >= 4 is 38.5 Å². The summed E-state index contributed by atoms with van der Waals surface area (Å²) in [6, 6.07) is 21.3. The lowest BCUT2D eigenvalue weighted by molar-refractivity contribution is 0.355. The second kappa shape index (κ2) is 8.39. The Hall–Kier alpha value is -2.94. The van der Waals surface area contributed by atoms with E-state index in [-0.39, 0.29) is 0 Å².